The predicted octanol–water partition coefficient (Wildman–Crippen LogP) is 32.8. The summed E-state index contributed by atoms with van der Waals surface area (Å²) in [5, 5.41) is 1.65. The van der Waals surface area contributed by atoms with E-state index < -0.39 is 11.6 Å². The van der Waals surface area contributed by atoms with Crippen LogP contribution in [0.1, 0.15) is 263 Å². The summed E-state index contributed by atoms with van der Waals surface area (Å²) in [6, 6.07) is 62.7. The highest BCUT2D eigenvalue weighted by molar-refractivity contribution is 6.32. The Hall–Kier alpha value is -8.42. The Bertz CT molecular complexity index is 4480. The number of rotatable bonds is 5. The molecule has 0 saturated carbocycles. The van der Waals surface area contributed by atoms with Crippen molar-refractivity contribution >= 4 is 34.8 Å². The first-order valence-electron chi connectivity index (χ1n) is 40.2. The van der Waals surface area contributed by atoms with Crippen molar-refractivity contribution in [3.05, 3.63) is 324 Å². The van der Waals surface area contributed by atoms with Gasteiger partial charge in [-0.15, -0.1) is 0 Å². The lowest BCUT2D eigenvalue weighted by Crippen LogP contribution is -2.11. The summed E-state index contributed by atoms with van der Waals surface area (Å²) in [5.41, 5.74) is 12.0. The molecule has 0 aliphatic carbocycles. The van der Waals surface area contributed by atoms with E-state index in [0.29, 0.717) is 16.5 Å². The Morgan fingerprint density at radius 3 is 0.825 bits per heavy atom. The van der Waals surface area contributed by atoms with Crippen LogP contribution < -0.4 is 23.7 Å². The number of hydrogen-bond donors (Lipinski definition) is 0. The van der Waals surface area contributed by atoms with Crippen molar-refractivity contribution in [2.75, 3.05) is 35.5 Å². The van der Waals surface area contributed by atoms with Crippen LogP contribution in [0.25, 0.3) is 0 Å². The van der Waals surface area contributed by atoms with Crippen LogP contribution in [-0.2, 0) is 54.1 Å². The van der Waals surface area contributed by atoms with Crippen molar-refractivity contribution in [3.63, 3.8) is 0 Å². The van der Waals surface area contributed by atoms with E-state index in [1.165, 1.54) is 84.5 Å². The zero-order valence-electron chi connectivity index (χ0n) is 78.5. The second kappa shape index (κ2) is 47.9. The minimum atomic E-state index is -0.789. The molecule has 0 fully saturated rings. The summed E-state index contributed by atoms with van der Waals surface area (Å²) >= 11 is 17.2. The van der Waals surface area contributed by atoms with Gasteiger partial charge in [-0.05, 0) is 231 Å². The second-order valence-electron chi connectivity index (χ2n) is 39.3. The van der Waals surface area contributed by atoms with Crippen LogP contribution in [0.2, 0.25) is 15.1 Å². The van der Waals surface area contributed by atoms with Gasteiger partial charge in [-0.2, -0.15) is 0 Å². The molecular formula is C105H140Cl3F7O5. The molecule has 0 bridgehead atoms. The van der Waals surface area contributed by atoms with Gasteiger partial charge in [-0.1, -0.05) is 334 Å². The molecule has 10 rings (SSSR count). The molecule has 0 atom stereocenters. The molecule has 0 aliphatic heterocycles. The van der Waals surface area contributed by atoms with Gasteiger partial charge in [0.2, 0.25) is 0 Å². The number of ether oxygens (including phenoxy) is 5. The summed E-state index contributed by atoms with van der Waals surface area (Å²) < 4.78 is 115. The highest BCUT2D eigenvalue weighted by Crippen LogP contribution is 2.35. The number of halogens is 10. The normalized spacial score (nSPS) is 11.5. The van der Waals surface area contributed by atoms with Gasteiger partial charge in [0.1, 0.15) is 34.7 Å². The first-order chi connectivity index (χ1) is 54.7. The standard InChI is InChI=1S/C11H15ClO.2C11H15FO.2C11H16O.C10H12ClF.C10H13Cl.C10H12F2.2C10H13F/c1-11(2,3)8-5-6-9(12)10(7-8)13-4;1-11(2,3)8-5-6-10(13-4)9(12)7-8;1-11(2,3)8-5-6-9(12)10(7-8)13-4;1-11(2,3)9-5-7-10(12-4)8-6-9;1-11(2,3)9-6-5-7-10(8-9)12-4;1-10(2,3)7-4-5-8(11)9(12)6-7;1-10(2,3)8-4-6-9(11)7-5-8;1-10(2,3)7-4-5-8(11)9(12)6-7;1-10(2,3)8-4-6-9(11)7-5-8;1-10(2,3)8-5-4-6-9(11)7-8/h3*5-7H,1-4H3;2*5-8H,1-4H3;4-6H,1-3H3;4-7H,1-3H3;4-6H,1-3H3;2*4-7H,1-3H3. The zero-order valence-corrected chi connectivity index (χ0v) is 80.8. The molecule has 10 aromatic rings. The van der Waals surface area contributed by atoms with E-state index in [1.54, 1.807) is 63.8 Å². The highest BCUT2D eigenvalue weighted by atomic mass is 35.5. The first-order valence-corrected chi connectivity index (χ1v) is 41.4. The van der Waals surface area contributed by atoms with Gasteiger partial charge in [0, 0.05) is 5.02 Å². The van der Waals surface area contributed by atoms with Gasteiger partial charge >= 0.3 is 0 Å². The predicted molar refractivity (Wildman–Crippen MR) is 499 cm³/mol. The first kappa shape index (κ1) is 110. The van der Waals surface area contributed by atoms with E-state index in [1.807, 2.05) is 147 Å². The third-order valence-corrected chi connectivity index (χ3v) is 19.5. The Morgan fingerprint density at radius 1 is 0.192 bits per heavy atom. The minimum Gasteiger partial charge on any atom is -0.497 e. The fraction of sp³-hybridized carbons (Fsp3) is 0.429. The van der Waals surface area contributed by atoms with E-state index in [9.17, 15) is 30.7 Å². The van der Waals surface area contributed by atoms with Gasteiger partial charge in [0.05, 0.1) is 45.6 Å². The van der Waals surface area contributed by atoms with E-state index in [4.69, 9.17) is 58.5 Å². The lowest BCUT2D eigenvalue weighted by atomic mass is 9.87. The van der Waals surface area contributed by atoms with Crippen molar-refractivity contribution in [1.29, 1.82) is 0 Å². The van der Waals surface area contributed by atoms with E-state index >= 15 is 0 Å². The Morgan fingerprint density at radius 2 is 0.483 bits per heavy atom. The van der Waals surface area contributed by atoms with Gasteiger partial charge < -0.3 is 23.7 Å². The van der Waals surface area contributed by atoms with Gasteiger partial charge in [-0.25, -0.2) is 30.7 Å². The second-order valence-corrected chi connectivity index (χ2v) is 40.5. The van der Waals surface area contributed by atoms with E-state index in [0.717, 1.165) is 56.2 Å². The maximum absolute atomic E-state index is 13.3. The number of benzene rings is 10. The van der Waals surface area contributed by atoms with E-state index in [2.05, 4.69) is 182 Å². The molecule has 0 saturated heterocycles. The molecule has 0 aliphatic rings. The largest absolute Gasteiger partial charge is 0.497 e. The zero-order chi connectivity index (χ0) is 92.7. The third-order valence-electron chi connectivity index (χ3n) is 18.6. The lowest BCUT2D eigenvalue weighted by Gasteiger charge is -2.19. The molecule has 0 amide bonds. The number of hydrogen-bond acceptors (Lipinski definition) is 5. The smallest absolute Gasteiger partial charge is 0.165 e. The van der Waals surface area contributed by atoms with Crippen molar-refractivity contribution in [2.45, 2.75) is 262 Å². The molecule has 0 heterocycles. The average Bonchev–Trinajstić information content (AvgIpc) is 0.844. The molecule has 660 valence electrons. The van der Waals surface area contributed by atoms with Gasteiger partial charge in [0.25, 0.3) is 0 Å². The fourth-order valence-corrected chi connectivity index (χ4v) is 10.8. The van der Waals surface area contributed by atoms with Gasteiger partial charge in [0.15, 0.2) is 34.8 Å². The van der Waals surface area contributed by atoms with Crippen LogP contribution in [0.15, 0.2) is 212 Å². The lowest BCUT2D eigenvalue weighted by molar-refractivity contribution is 0.384. The maximum Gasteiger partial charge on any atom is 0.165 e. The number of methoxy groups -OCH3 is 5. The Labute approximate surface area is 734 Å². The fourth-order valence-electron chi connectivity index (χ4n) is 10.3. The summed E-state index contributed by atoms with van der Waals surface area (Å²) in [6.45, 7) is 63.2. The summed E-state index contributed by atoms with van der Waals surface area (Å²) in [7, 11) is 7.96. The van der Waals surface area contributed by atoms with Crippen molar-refractivity contribution in [3.8, 4) is 28.7 Å². The highest BCUT2D eigenvalue weighted by Gasteiger charge is 2.22. The molecule has 0 aromatic heterocycles. The third kappa shape index (κ3) is 41.4. The molecule has 0 N–H and O–H groups in total. The van der Waals surface area contributed by atoms with Crippen LogP contribution in [0, 0.1) is 40.7 Å². The Kier molecular flexibility index (Phi) is 43.7. The average molecular weight is 1720 g/mol. The molecule has 0 spiro atoms. The van der Waals surface area contributed by atoms with Crippen LogP contribution >= 0.6 is 34.8 Å². The van der Waals surface area contributed by atoms with Crippen LogP contribution in [0.4, 0.5) is 30.7 Å². The summed E-state index contributed by atoms with van der Waals surface area (Å²) in [4.78, 5) is 0. The maximum atomic E-state index is 13.3. The molecule has 10 aromatic carbocycles. The van der Waals surface area contributed by atoms with Crippen molar-refractivity contribution in [1.82, 2.24) is 0 Å². The van der Waals surface area contributed by atoms with E-state index in [-0.39, 0.29) is 88.3 Å². The van der Waals surface area contributed by atoms with Crippen LogP contribution in [0.5, 0.6) is 28.7 Å². The quantitative estimate of drug-likeness (QED) is 0.161. The monoisotopic (exact) mass is 1720 g/mol. The van der Waals surface area contributed by atoms with Crippen molar-refractivity contribution in [2.24, 2.45) is 0 Å². The van der Waals surface area contributed by atoms with Crippen LogP contribution in [-0.4, -0.2) is 35.5 Å². The molecule has 15 heteroatoms. The van der Waals surface area contributed by atoms with Crippen molar-refractivity contribution < 1.29 is 54.4 Å². The summed E-state index contributed by atoms with van der Waals surface area (Å²) in [6.07, 6.45) is 0. The summed E-state index contributed by atoms with van der Waals surface area (Å²) in [5.74, 6) is 0.371. The molecule has 120 heavy (non-hydrogen) atoms. The SMILES string of the molecule is CC(C)(C)c1ccc(Cl)c(F)c1.CC(C)(C)c1ccc(Cl)cc1.CC(C)(C)c1ccc(F)c(F)c1.CC(C)(C)c1ccc(F)cc1.CC(C)(C)c1cccc(F)c1.COc1cc(C(C)(C)C)ccc1Cl.COc1cc(C(C)(C)C)ccc1F.COc1ccc(C(C)(C)C)cc1.COc1ccc(C(C)(C)C)cc1F.COc1cccc(C(C)(C)C)c1. The van der Waals surface area contributed by atoms with Crippen LogP contribution in [0.3, 0.4) is 0 Å². The molecule has 5 nitrogen and oxygen atoms in total. The molecular weight excluding hydrogens is 1580 g/mol. The molecule has 0 radical (unpaired) electrons. The molecule has 0 unspecified atom stereocenters. The minimum absolute atomic E-state index is 0.0207. The topological polar surface area (TPSA) is 46.2 Å². The Balaban J connectivity index is 0.000000667. The van der Waals surface area contributed by atoms with Gasteiger partial charge in [-0.3, -0.25) is 0 Å².